The number of ether oxygens (including phenoxy) is 1. The van der Waals surface area contributed by atoms with Gasteiger partial charge in [-0.1, -0.05) is 6.92 Å². The first kappa shape index (κ1) is 16.4. The Kier molecular flexibility index (Phi) is 7.84. The van der Waals surface area contributed by atoms with Crippen molar-refractivity contribution in [1.82, 2.24) is 4.90 Å². The molecule has 1 saturated heterocycles. The van der Waals surface area contributed by atoms with Crippen molar-refractivity contribution in [3.05, 3.63) is 0 Å². The standard InChI is InChI=1S/C9H18ClNO4.ClH/c1-2-11(4-3-10)5-6-7(12)8(13)9(14)15-6;/h6-9,12-14H,2-5H2,1H3;1H. The van der Waals surface area contributed by atoms with Crippen molar-refractivity contribution in [1.29, 1.82) is 0 Å². The zero-order valence-corrected chi connectivity index (χ0v) is 10.7. The van der Waals surface area contributed by atoms with Crippen LogP contribution in [0.5, 0.6) is 0 Å². The third-order valence-corrected chi connectivity index (χ3v) is 2.79. The van der Waals surface area contributed by atoms with Gasteiger partial charge < -0.3 is 20.1 Å². The van der Waals surface area contributed by atoms with Gasteiger partial charge in [0.15, 0.2) is 6.29 Å². The number of aliphatic hydroxyl groups excluding tert-OH is 3. The fraction of sp³-hybridized carbons (Fsp3) is 1.00. The van der Waals surface area contributed by atoms with Crippen LogP contribution in [-0.4, -0.2) is 70.3 Å². The minimum atomic E-state index is -1.29. The van der Waals surface area contributed by atoms with Gasteiger partial charge >= 0.3 is 0 Å². The lowest BCUT2D eigenvalue weighted by Gasteiger charge is -2.24. The van der Waals surface area contributed by atoms with Crippen molar-refractivity contribution in [3.8, 4) is 0 Å². The lowest BCUT2D eigenvalue weighted by molar-refractivity contribution is -0.129. The average Bonchev–Trinajstić information content (AvgIpc) is 2.46. The molecule has 1 rings (SSSR count). The number of hydrogen-bond donors (Lipinski definition) is 3. The summed E-state index contributed by atoms with van der Waals surface area (Å²) in [5.74, 6) is 0.502. The monoisotopic (exact) mass is 275 g/mol. The van der Waals surface area contributed by atoms with Crippen molar-refractivity contribution < 1.29 is 20.1 Å². The molecular formula is C9H19Cl2NO4. The van der Waals surface area contributed by atoms with Crippen LogP contribution < -0.4 is 0 Å². The van der Waals surface area contributed by atoms with Gasteiger partial charge in [0.2, 0.25) is 0 Å². The van der Waals surface area contributed by atoms with Gasteiger partial charge in [0.05, 0.1) is 0 Å². The van der Waals surface area contributed by atoms with Crippen molar-refractivity contribution in [2.24, 2.45) is 0 Å². The Morgan fingerprint density at radius 3 is 2.25 bits per heavy atom. The summed E-state index contributed by atoms with van der Waals surface area (Å²) in [4.78, 5) is 1.99. The third kappa shape index (κ3) is 4.00. The molecule has 0 aliphatic carbocycles. The molecule has 16 heavy (non-hydrogen) atoms. The Bertz CT molecular complexity index is 198. The molecule has 0 amide bonds. The first-order valence-electron chi connectivity index (χ1n) is 5.08. The zero-order chi connectivity index (χ0) is 11.4. The van der Waals surface area contributed by atoms with Gasteiger partial charge in [0.25, 0.3) is 0 Å². The summed E-state index contributed by atoms with van der Waals surface area (Å²) in [6, 6.07) is 0. The summed E-state index contributed by atoms with van der Waals surface area (Å²) >= 11 is 5.61. The van der Waals surface area contributed by atoms with E-state index >= 15 is 0 Å². The van der Waals surface area contributed by atoms with E-state index < -0.39 is 24.6 Å². The quantitative estimate of drug-likeness (QED) is 0.585. The summed E-state index contributed by atoms with van der Waals surface area (Å²) < 4.78 is 5.04. The summed E-state index contributed by atoms with van der Waals surface area (Å²) in [6.45, 7) is 3.90. The van der Waals surface area contributed by atoms with Crippen LogP contribution in [0.4, 0.5) is 0 Å². The van der Waals surface area contributed by atoms with E-state index in [0.29, 0.717) is 19.0 Å². The molecule has 1 fully saturated rings. The lowest BCUT2D eigenvalue weighted by Crippen LogP contribution is -2.40. The summed E-state index contributed by atoms with van der Waals surface area (Å²) in [5.41, 5.74) is 0. The van der Waals surface area contributed by atoms with E-state index in [1.165, 1.54) is 0 Å². The van der Waals surface area contributed by atoms with Crippen LogP contribution >= 0.6 is 24.0 Å². The van der Waals surface area contributed by atoms with Gasteiger partial charge in [-0.25, -0.2) is 0 Å². The van der Waals surface area contributed by atoms with Crippen LogP contribution in [0.2, 0.25) is 0 Å². The minimum absolute atomic E-state index is 0. The number of alkyl halides is 1. The Morgan fingerprint density at radius 1 is 1.25 bits per heavy atom. The predicted molar refractivity (Wildman–Crippen MR) is 63.0 cm³/mol. The molecule has 1 aliphatic heterocycles. The number of rotatable bonds is 5. The highest BCUT2D eigenvalue weighted by Crippen LogP contribution is 2.20. The SMILES string of the molecule is CCN(CCCl)CC1OC(O)C(O)C1O.Cl. The second kappa shape index (κ2) is 7.66. The van der Waals surface area contributed by atoms with E-state index in [0.717, 1.165) is 6.54 Å². The number of aliphatic hydroxyl groups is 3. The van der Waals surface area contributed by atoms with E-state index in [2.05, 4.69) is 0 Å². The molecule has 4 unspecified atom stereocenters. The predicted octanol–water partition coefficient (Wildman–Crippen LogP) is -0.592. The van der Waals surface area contributed by atoms with Crippen LogP contribution in [0, 0.1) is 0 Å². The largest absolute Gasteiger partial charge is 0.387 e. The Balaban J connectivity index is 0.00000225. The summed E-state index contributed by atoms with van der Waals surface area (Å²) in [5, 5.41) is 28.0. The molecule has 0 aromatic rings. The van der Waals surface area contributed by atoms with E-state index in [1.807, 2.05) is 11.8 Å². The fourth-order valence-corrected chi connectivity index (χ4v) is 1.87. The third-order valence-electron chi connectivity index (χ3n) is 2.62. The molecule has 7 heteroatoms. The summed E-state index contributed by atoms with van der Waals surface area (Å²) in [7, 11) is 0. The van der Waals surface area contributed by atoms with Gasteiger partial charge in [-0.2, -0.15) is 0 Å². The van der Waals surface area contributed by atoms with Crippen molar-refractivity contribution >= 4 is 24.0 Å². The molecule has 98 valence electrons. The topological polar surface area (TPSA) is 73.2 Å². The van der Waals surface area contributed by atoms with Gasteiger partial charge in [0, 0.05) is 19.0 Å². The highest BCUT2D eigenvalue weighted by Gasteiger charge is 2.42. The van der Waals surface area contributed by atoms with Crippen molar-refractivity contribution in [2.45, 2.75) is 31.5 Å². The van der Waals surface area contributed by atoms with Crippen LogP contribution in [0.15, 0.2) is 0 Å². The van der Waals surface area contributed by atoms with Crippen LogP contribution in [0.1, 0.15) is 6.92 Å². The molecule has 0 aromatic carbocycles. The lowest BCUT2D eigenvalue weighted by atomic mass is 10.1. The number of likely N-dealkylation sites (N-methyl/N-ethyl adjacent to an activating group) is 1. The molecule has 3 N–H and O–H groups in total. The molecule has 5 nitrogen and oxygen atoms in total. The van der Waals surface area contributed by atoms with Gasteiger partial charge in [-0.3, -0.25) is 4.90 Å². The Labute approximate surface area is 106 Å². The highest BCUT2D eigenvalue weighted by molar-refractivity contribution is 6.18. The maximum absolute atomic E-state index is 9.55. The molecule has 0 radical (unpaired) electrons. The van der Waals surface area contributed by atoms with Gasteiger partial charge in [0.1, 0.15) is 18.3 Å². The van der Waals surface area contributed by atoms with Crippen LogP contribution in [0.3, 0.4) is 0 Å². The number of hydrogen-bond acceptors (Lipinski definition) is 5. The Hall–Kier alpha value is 0.380. The second-order valence-electron chi connectivity index (χ2n) is 3.63. The van der Waals surface area contributed by atoms with Crippen LogP contribution in [-0.2, 0) is 4.74 Å². The molecule has 0 aromatic heterocycles. The molecule has 0 bridgehead atoms. The summed E-state index contributed by atoms with van der Waals surface area (Å²) in [6.07, 6.45) is -4.10. The van der Waals surface area contributed by atoms with E-state index in [9.17, 15) is 15.3 Å². The molecule has 0 spiro atoms. The number of halogens is 2. The second-order valence-corrected chi connectivity index (χ2v) is 4.01. The number of nitrogens with zero attached hydrogens (tertiary/aromatic N) is 1. The Morgan fingerprint density at radius 2 is 1.88 bits per heavy atom. The smallest absolute Gasteiger partial charge is 0.184 e. The molecule has 1 aliphatic rings. The van der Waals surface area contributed by atoms with Crippen molar-refractivity contribution in [2.75, 3.05) is 25.5 Å². The first-order valence-corrected chi connectivity index (χ1v) is 5.61. The molecule has 4 atom stereocenters. The zero-order valence-electron chi connectivity index (χ0n) is 9.12. The maximum Gasteiger partial charge on any atom is 0.184 e. The minimum Gasteiger partial charge on any atom is -0.387 e. The molecule has 1 heterocycles. The molecule has 0 saturated carbocycles. The average molecular weight is 276 g/mol. The van der Waals surface area contributed by atoms with E-state index in [1.54, 1.807) is 0 Å². The fourth-order valence-electron chi connectivity index (χ4n) is 1.63. The van der Waals surface area contributed by atoms with E-state index in [-0.39, 0.29) is 12.4 Å². The molecular weight excluding hydrogens is 257 g/mol. The van der Waals surface area contributed by atoms with Crippen molar-refractivity contribution in [3.63, 3.8) is 0 Å². The highest BCUT2D eigenvalue weighted by atomic mass is 35.5. The van der Waals surface area contributed by atoms with Gasteiger partial charge in [-0.05, 0) is 6.54 Å². The van der Waals surface area contributed by atoms with E-state index in [4.69, 9.17) is 16.3 Å². The van der Waals surface area contributed by atoms with Crippen LogP contribution in [0.25, 0.3) is 0 Å². The normalized spacial score (nSPS) is 34.1. The van der Waals surface area contributed by atoms with Gasteiger partial charge in [-0.15, -0.1) is 24.0 Å². The first-order chi connectivity index (χ1) is 7.10. The maximum atomic E-state index is 9.55.